The van der Waals surface area contributed by atoms with E-state index in [2.05, 4.69) is 25.9 Å². The number of aliphatic hydroxyl groups is 1. The first kappa shape index (κ1) is 15.5. The van der Waals surface area contributed by atoms with E-state index < -0.39 is 0 Å². The molecule has 20 heavy (non-hydrogen) atoms. The molecule has 0 spiro atoms. The Balaban J connectivity index is 2.28. The molecule has 1 heterocycles. The minimum Gasteiger partial charge on any atom is -0.394 e. The van der Waals surface area contributed by atoms with Gasteiger partial charge in [-0.3, -0.25) is 4.79 Å². The monoisotopic (exact) mass is 344 g/mol. The minimum atomic E-state index is -0.217. The highest BCUT2D eigenvalue weighted by atomic mass is 79.9. The Morgan fingerprint density at radius 1 is 1.60 bits per heavy atom. The van der Waals surface area contributed by atoms with Crippen molar-refractivity contribution >= 4 is 21.6 Å². The van der Waals surface area contributed by atoms with Gasteiger partial charge in [-0.1, -0.05) is 6.42 Å². The van der Waals surface area contributed by atoms with E-state index in [0.29, 0.717) is 23.0 Å². The Hall–Kier alpha value is -0.920. The molecule has 2 atom stereocenters. The molecule has 112 valence electrons. The summed E-state index contributed by atoms with van der Waals surface area (Å²) in [5, 5.41) is 13.0. The summed E-state index contributed by atoms with van der Waals surface area (Å²) in [5.74, 6) is 0.465. The molecule has 7 heteroatoms. The Morgan fingerprint density at radius 3 is 3.00 bits per heavy atom. The molecule has 0 bridgehead atoms. The van der Waals surface area contributed by atoms with Gasteiger partial charge >= 0.3 is 0 Å². The molecule has 1 aliphatic rings. The van der Waals surface area contributed by atoms with Crippen molar-refractivity contribution in [3.63, 3.8) is 0 Å². The molecule has 1 fully saturated rings. The van der Waals surface area contributed by atoms with Crippen molar-refractivity contribution < 1.29 is 5.11 Å². The highest BCUT2D eigenvalue weighted by molar-refractivity contribution is 9.10. The van der Waals surface area contributed by atoms with Crippen LogP contribution < -0.4 is 16.2 Å². The summed E-state index contributed by atoms with van der Waals surface area (Å²) in [6.45, 7) is 0.768. The number of rotatable bonds is 5. The largest absolute Gasteiger partial charge is 0.394 e. The van der Waals surface area contributed by atoms with Gasteiger partial charge in [0.25, 0.3) is 5.56 Å². The normalized spacial score (nSPS) is 22.2. The van der Waals surface area contributed by atoms with Gasteiger partial charge in [0.15, 0.2) is 0 Å². The second-order valence-electron chi connectivity index (χ2n) is 5.20. The Kier molecular flexibility index (Phi) is 5.17. The summed E-state index contributed by atoms with van der Waals surface area (Å²) in [6, 6.07) is 0.353. The molecular formula is C13H21BrN4O2. The van der Waals surface area contributed by atoms with Crippen LogP contribution in [0.1, 0.15) is 19.3 Å². The maximum atomic E-state index is 12.1. The standard InChI is InChI=1S/C13H21BrN4O2/c1-17(10-4-2-3-9(10)7-15)11-8-16-18(5-6-19)13(20)12(11)14/h8-10,19H,2-7,15H2,1H3. The van der Waals surface area contributed by atoms with Gasteiger partial charge in [0.1, 0.15) is 4.47 Å². The fourth-order valence-corrected chi connectivity index (χ4v) is 3.52. The maximum absolute atomic E-state index is 12.1. The Labute approximate surface area is 126 Å². The van der Waals surface area contributed by atoms with Gasteiger partial charge in [-0.15, -0.1) is 0 Å². The van der Waals surface area contributed by atoms with Crippen LogP contribution in [-0.4, -0.2) is 41.1 Å². The number of aliphatic hydroxyl groups excluding tert-OH is 1. The lowest BCUT2D eigenvalue weighted by atomic mass is 10.0. The second-order valence-corrected chi connectivity index (χ2v) is 5.99. The summed E-state index contributed by atoms with van der Waals surface area (Å²) in [6.07, 6.45) is 5.07. The molecule has 6 nitrogen and oxygen atoms in total. The van der Waals surface area contributed by atoms with Gasteiger partial charge in [-0.25, -0.2) is 4.68 Å². The fourth-order valence-electron chi connectivity index (χ4n) is 2.94. The fraction of sp³-hybridized carbons (Fsp3) is 0.692. The summed E-state index contributed by atoms with van der Waals surface area (Å²) in [5.41, 5.74) is 6.39. The molecule has 0 amide bonds. The van der Waals surface area contributed by atoms with Crippen LogP contribution in [0.2, 0.25) is 0 Å². The zero-order valence-corrected chi connectivity index (χ0v) is 13.2. The van der Waals surface area contributed by atoms with Gasteiger partial charge in [-0.2, -0.15) is 5.10 Å². The van der Waals surface area contributed by atoms with Crippen molar-refractivity contribution in [2.24, 2.45) is 11.7 Å². The van der Waals surface area contributed by atoms with Crippen LogP contribution in [0, 0.1) is 5.92 Å². The zero-order valence-electron chi connectivity index (χ0n) is 11.6. The van der Waals surface area contributed by atoms with Crippen molar-refractivity contribution in [1.29, 1.82) is 0 Å². The Bertz CT molecular complexity index is 520. The van der Waals surface area contributed by atoms with E-state index in [1.54, 1.807) is 6.20 Å². The molecule has 0 aromatic carbocycles. The average molecular weight is 345 g/mol. The summed E-state index contributed by atoms with van der Waals surface area (Å²) in [7, 11) is 1.98. The number of aromatic nitrogens is 2. The molecule has 1 aliphatic carbocycles. The number of nitrogens with zero attached hydrogens (tertiary/aromatic N) is 3. The third kappa shape index (κ3) is 2.89. The first-order valence-corrected chi connectivity index (χ1v) is 7.68. The summed E-state index contributed by atoms with van der Waals surface area (Å²) >= 11 is 3.36. The van der Waals surface area contributed by atoms with Crippen LogP contribution in [0.3, 0.4) is 0 Å². The van der Waals surface area contributed by atoms with Crippen molar-refractivity contribution in [3.8, 4) is 0 Å². The van der Waals surface area contributed by atoms with Crippen LogP contribution in [-0.2, 0) is 6.54 Å². The number of anilines is 1. The highest BCUT2D eigenvalue weighted by Gasteiger charge is 2.30. The van der Waals surface area contributed by atoms with Crippen LogP contribution in [0.5, 0.6) is 0 Å². The van der Waals surface area contributed by atoms with Crippen molar-refractivity contribution in [2.45, 2.75) is 31.8 Å². The summed E-state index contributed by atoms with van der Waals surface area (Å²) < 4.78 is 1.75. The van der Waals surface area contributed by atoms with Gasteiger partial charge in [0.05, 0.1) is 25.0 Å². The topological polar surface area (TPSA) is 84.4 Å². The van der Waals surface area contributed by atoms with E-state index in [1.165, 1.54) is 11.1 Å². The lowest BCUT2D eigenvalue weighted by Gasteiger charge is -2.31. The lowest BCUT2D eigenvalue weighted by molar-refractivity contribution is 0.266. The molecule has 1 saturated carbocycles. The van der Waals surface area contributed by atoms with Crippen LogP contribution >= 0.6 is 15.9 Å². The lowest BCUT2D eigenvalue weighted by Crippen LogP contribution is -2.39. The quantitative estimate of drug-likeness (QED) is 0.815. The Morgan fingerprint density at radius 2 is 2.35 bits per heavy atom. The molecule has 3 N–H and O–H groups in total. The van der Waals surface area contributed by atoms with Crippen LogP contribution in [0.25, 0.3) is 0 Å². The molecule has 2 rings (SSSR count). The van der Waals surface area contributed by atoms with Gasteiger partial charge in [-0.05, 0) is 41.2 Å². The zero-order chi connectivity index (χ0) is 14.7. The third-order valence-corrected chi connectivity index (χ3v) is 4.82. The summed E-state index contributed by atoms with van der Waals surface area (Å²) in [4.78, 5) is 14.2. The third-order valence-electron chi connectivity index (χ3n) is 4.08. The van der Waals surface area contributed by atoms with E-state index in [0.717, 1.165) is 18.5 Å². The number of halogens is 1. The average Bonchev–Trinajstić information content (AvgIpc) is 2.92. The van der Waals surface area contributed by atoms with Crippen molar-refractivity contribution in [3.05, 3.63) is 21.0 Å². The van der Waals surface area contributed by atoms with E-state index in [1.807, 2.05) is 7.05 Å². The van der Waals surface area contributed by atoms with E-state index in [4.69, 9.17) is 10.8 Å². The first-order valence-electron chi connectivity index (χ1n) is 6.89. The van der Waals surface area contributed by atoms with E-state index >= 15 is 0 Å². The van der Waals surface area contributed by atoms with Crippen LogP contribution in [0.15, 0.2) is 15.5 Å². The van der Waals surface area contributed by atoms with Gasteiger partial charge < -0.3 is 15.7 Å². The maximum Gasteiger partial charge on any atom is 0.283 e. The molecule has 1 aromatic heterocycles. The van der Waals surface area contributed by atoms with E-state index in [-0.39, 0.29) is 18.7 Å². The SMILES string of the molecule is CN(c1cnn(CCO)c(=O)c1Br)C1CCCC1CN. The number of hydrogen-bond acceptors (Lipinski definition) is 5. The molecule has 0 radical (unpaired) electrons. The van der Waals surface area contributed by atoms with Gasteiger partial charge in [0, 0.05) is 13.1 Å². The van der Waals surface area contributed by atoms with Crippen molar-refractivity contribution in [1.82, 2.24) is 9.78 Å². The molecule has 1 aromatic rings. The van der Waals surface area contributed by atoms with Gasteiger partial charge in [0.2, 0.25) is 0 Å². The molecular weight excluding hydrogens is 324 g/mol. The highest BCUT2D eigenvalue weighted by Crippen LogP contribution is 2.33. The number of hydrogen-bond donors (Lipinski definition) is 2. The predicted octanol–water partition coefficient (Wildman–Crippen LogP) is 0.562. The molecule has 0 saturated heterocycles. The first-order chi connectivity index (χ1) is 9.60. The predicted molar refractivity (Wildman–Crippen MR) is 81.9 cm³/mol. The smallest absolute Gasteiger partial charge is 0.283 e. The van der Waals surface area contributed by atoms with Crippen LogP contribution in [0.4, 0.5) is 5.69 Å². The minimum absolute atomic E-state index is 0.105. The molecule has 2 unspecified atom stereocenters. The van der Waals surface area contributed by atoms with Crippen molar-refractivity contribution in [2.75, 3.05) is 25.1 Å². The number of nitrogens with two attached hydrogens (primary N) is 1. The second kappa shape index (κ2) is 6.69. The van der Waals surface area contributed by atoms with E-state index in [9.17, 15) is 4.79 Å². The molecule has 0 aliphatic heterocycles.